The molecule has 0 unspecified atom stereocenters. The van der Waals surface area contributed by atoms with Crippen LogP contribution in [0.25, 0.3) is 5.69 Å². The van der Waals surface area contributed by atoms with E-state index in [4.69, 9.17) is 0 Å². The molecule has 4 heteroatoms. The van der Waals surface area contributed by atoms with Gasteiger partial charge in [0.25, 0.3) is 0 Å². The summed E-state index contributed by atoms with van der Waals surface area (Å²) in [6.45, 7) is 3.72. The molecule has 0 saturated carbocycles. The van der Waals surface area contributed by atoms with Crippen LogP contribution in [0, 0.1) is 13.8 Å². The van der Waals surface area contributed by atoms with E-state index in [1.807, 2.05) is 19.1 Å². The van der Waals surface area contributed by atoms with Crippen LogP contribution in [0.2, 0.25) is 0 Å². The highest BCUT2D eigenvalue weighted by atomic mass is 16.3. The summed E-state index contributed by atoms with van der Waals surface area (Å²) < 4.78 is 1.46. The van der Waals surface area contributed by atoms with E-state index in [0.717, 1.165) is 16.9 Å². The highest BCUT2D eigenvalue weighted by Crippen LogP contribution is 2.19. The number of aromatic hydroxyl groups is 1. The minimum absolute atomic E-state index is 0.163. The summed E-state index contributed by atoms with van der Waals surface area (Å²) in [7, 11) is 0. The van der Waals surface area contributed by atoms with Gasteiger partial charge in [-0.2, -0.15) is 9.78 Å². The minimum Gasteiger partial charge on any atom is -0.493 e. The Kier molecular flexibility index (Phi) is 1.96. The van der Waals surface area contributed by atoms with E-state index >= 15 is 0 Å². The van der Waals surface area contributed by atoms with Gasteiger partial charge in [0.15, 0.2) is 0 Å². The molecule has 0 radical (unpaired) electrons. The van der Waals surface area contributed by atoms with Crippen LogP contribution in [0.1, 0.15) is 11.3 Å². The smallest absolute Gasteiger partial charge is 0.217 e. The molecule has 14 heavy (non-hydrogen) atoms. The molecule has 0 aliphatic carbocycles. The van der Waals surface area contributed by atoms with Crippen LogP contribution in [0.4, 0.5) is 0 Å². The van der Waals surface area contributed by atoms with Crippen LogP contribution in [0.5, 0.6) is 5.88 Å². The van der Waals surface area contributed by atoms with Gasteiger partial charge in [0.2, 0.25) is 5.88 Å². The zero-order valence-electron chi connectivity index (χ0n) is 8.10. The molecule has 2 rings (SSSR count). The van der Waals surface area contributed by atoms with Gasteiger partial charge in [0.05, 0.1) is 18.1 Å². The first-order valence-electron chi connectivity index (χ1n) is 4.35. The lowest BCUT2D eigenvalue weighted by molar-refractivity contribution is 0.430. The quantitative estimate of drug-likeness (QED) is 0.741. The van der Waals surface area contributed by atoms with Crippen molar-refractivity contribution in [3.8, 4) is 11.6 Å². The van der Waals surface area contributed by atoms with Crippen molar-refractivity contribution in [3.05, 3.63) is 35.8 Å². The maximum absolute atomic E-state index is 9.63. The number of hydrogen-bond acceptors (Lipinski definition) is 3. The normalized spacial score (nSPS) is 10.4. The third-order valence-electron chi connectivity index (χ3n) is 2.06. The van der Waals surface area contributed by atoms with E-state index in [-0.39, 0.29) is 5.88 Å². The number of nitrogens with zero attached hydrogens (tertiary/aromatic N) is 3. The van der Waals surface area contributed by atoms with Crippen LogP contribution >= 0.6 is 0 Å². The minimum atomic E-state index is 0.163. The molecule has 0 spiro atoms. The Labute approximate surface area is 81.8 Å². The van der Waals surface area contributed by atoms with Gasteiger partial charge in [-0.3, -0.25) is 4.98 Å². The second kappa shape index (κ2) is 3.14. The van der Waals surface area contributed by atoms with Crippen molar-refractivity contribution < 1.29 is 5.11 Å². The third kappa shape index (κ3) is 1.35. The van der Waals surface area contributed by atoms with Gasteiger partial charge in [-0.05, 0) is 26.0 Å². The summed E-state index contributed by atoms with van der Waals surface area (Å²) in [4.78, 5) is 4.13. The molecule has 72 valence electrons. The van der Waals surface area contributed by atoms with Crippen LogP contribution in [0.3, 0.4) is 0 Å². The van der Waals surface area contributed by atoms with Gasteiger partial charge >= 0.3 is 0 Å². The number of pyridine rings is 1. The molecule has 0 aromatic carbocycles. The van der Waals surface area contributed by atoms with E-state index in [0.29, 0.717) is 0 Å². The summed E-state index contributed by atoms with van der Waals surface area (Å²) >= 11 is 0. The lowest BCUT2D eigenvalue weighted by atomic mass is 10.3. The summed E-state index contributed by atoms with van der Waals surface area (Å²) in [5, 5.41) is 13.7. The number of rotatable bonds is 1. The van der Waals surface area contributed by atoms with Crippen molar-refractivity contribution >= 4 is 0 Å². The maximum atomic E-state index is 9.63. The number of hydrogen-bond donors (Lipinski definition) is 1. The van der Waals surface area contributed by atoms with Gasteiger partial charge in [-0.1, -0.05) is 0 Å². The molecule has 1 N–H and O–H groups in total. The number of aromatic nitrogens is 3. The molecule has 0 aliphatic rings. The Morgan fingerprint density at radius 3 is 2.50 bits per heavy atom. The molecule has 0 fully saturated rings. The Bertz CT molecular complexity index is 445. The average Bonchev–Trinajstić information content (AvgIpc) is 2.50. The van der Waals surface area contributed by atoms with Gasteiger partial charge in [0.1, 0.15) is 0 Å². The van der Waals surface area contributed by atoms with Crippen LogP contribution in [-0.4, -0.2) is 19.9 Å². The van der Waals surface area contributed by atoms with Gasteiger partial charge < -0.3 is 5.11 Å². The molecule has 0 atom stereocenters. The Balaban J connectivity index is 2.49. The second-order valence-electron chi connectivity index (χ2n) is 3.22. The second-order valence-corrected chi connectivity index (χ2v) is 3.22. The first-order valence-corrected chi connectivity index (χ1v) is 4.35. The number of aryl methyl sites for hydroxylation is 2. The first-order chi connectivity index (χ1) is 6.68. The van der Waals surface area contributed by atoms with Crippen molar-refractivity contribution in [2.45, 2.75) is 13.8 Å². The molecule has 0 bridgehead atoms. The van der Waals surface area contributed by atoms with Crippen molar-refractivity contribution in [3.63, 3.8) is 0 Å². The maximum Gasteiger partial charge on any atom is 0.217 e. The van der Waals surface area contributed by atoms with Crippen molar-refractivity contribution in [1.82, 2.24) is 14.8 Å². The fraction of sp³-hybridized carbons (Fsp3) is 0.200. The molecule has 0 aliphatic heterocycles. The Hall–Kier alpha value is -1.84. The summed E-state index contributed by atoms with van der Waals surface area (Å²) in [5.74, 6) is 0.163. The molecule has 0 amide bonds. The average molecular weight is 189 g/mol. The monoisotopic (exact) mass is 189 g/mol. The predicted octanol–water partition coefficient (Wildman–Crippen LogP) is 1.59. The largest absolute Gasteiger partial charge is 0.493 e. The van der Waals surface area contributed by atoms with Crippen LogP contribution in [0.15, 0.2) is 24.5 Å². The Morgan fingerprint density at radius 1 is 1.21 bits per heavy atom. The molecule has 0 saturated heterocycles. The van der Waals surface area contributed by atoms with Crippen LogP contribution in [-0.2, 0) is 0 Å². The van der Waals surface area contributed by atoms with E-state index < -0.39 is 0 Å². The summed E-state index contributed by atoms with van der Waals surface area (Å²) in [6, 6.07) is 3.75. The summed E-state index contributed by atoms with van der Waals surface area (Å²) in [5.41, 5.74) is 2.46. The molecule has 2 aromatic rings. The van der Waals surface area contributed by atoms with E-state index in [1.54, 1.807) is 19.3 Å². The van der Waals surface area contributed by atoms with E-state index in [2.05, 4.69) is 10.1 Å². The van der Waals surface area contributed by atoms with Gasteiger partial charge in [-0.15, -0.1) is 0 Å². The molecule has 2 heterocycles. The highest BCUT2D eigenvalue weighted by Gasteiger charge is 2.06. The fourth-order valence-electron chi connectivity index (χ4n) is 1.20. The zero-order valence-corrected chi connectivity index (χ0v) is 8.10. The van der Waals surface area contributed by atoms with E-state index in [1.165, 1.54) is 4.68 Å². The standard InChI is InChI=1S/C10H11N3O/c1-7-5-12-13(10(7)14)9-4-3-8(2)11-6-9/h3-6,14H,1-2H3. The predicted molar refractivity (Wildman–Crippen MR) is 52.5 cm³/mol. The highest BCUT2D eigenvalue weighted by molar-refractivity contribution is 5.35. The Morgan fingerprint density at radius 2 is 2.00 bits per heavy atom. The van der Waals surface area contributed by atoms with Gasteiger partial charge in [-0.25, -0.2) is 0 Å². The molecule has 4 nitrogen and oxygen atoms in total. The van der Waals surface area contributed by atoms with Crippen LogP contribution < -0.4 is 0 Å². The summed E-state index contributed by atoms with van der Waals surface area (Å²) in [6.07, 6.45) is 3.30. The zero-order chi connectivity index (χ0) is 10.1. The SMILES string of the molecule is Cc1ccc(-n2ncc(C)c2O)cn1. The van der Waals surface area contributed by atoms with Crippen molar-refractivity contribution in [1.29, 1.82) is 0 Å². The topological polar surface area (TPSA) is 50.9 Å². The van der Waals surface area contributed by atoms with Crippen molar-refractivity contribution in [2.75, 3.05) is 0 Å². The molecule has 2 aromatic heterocycles. The van der Waals surface area contributed by atoms with Crippen molar-refractivity contribution in [2.24, 2.45) is 0 Å². The lowest BCUT2D eigenvalue weighted by Gasteiger charge is -2.02. The molecular formula is C10H11N3O. The van der Waals surface area contributed by atoms with Gasteiger partial charge in [0, 0.05) is 11.3 Å². The first kappa shape index (κ1) is 8.74. The lowest BCUT2D eigenvalue weighted by Crippen LogP contribution is -1.96. The van der Waals surface area contributed by atoms with E-state index in [9.17, 15) is 5.11 Å². The fourth-order valence-corrected chi connectivity index (χ4v) is 1.20. The third-order valence-corrected chi connectivity index (χ3v) is 2.06. The molecular weight excluding hydrogens is 178 g/mol.